The number of hydrogen-bond donors (Lipinski definition) is 3. The number of nitrogens with zero attached hydrogens (tertiary/aromatic N) is 1. The van der Waals surface area contributed by atoms with Gasteiger partial charge in [0.05, 0.1) is 12.7 Å². The molecule has 14 heteroatoms. The zero-order chi connectivity index (χ0) is 28.3. The van der Waals surface area contributed by atoms with Crippen LogP contribution in [0.3, 0.4) is 0 Å². The molecule has 1 saturated heterocycles. The van der Waals surface area contributed by atoms with Crippen LogP contribution in [0.15, 0.2) is 46.1 Å². The number of nitrogens with one attached hydrogen (secondary N) is 2. The maximum absolute atomic E-state index is 15.8. The Morgan fingerprint density at radius 1 is 1.34 bits per heavy atom. The minimum absolute atomic E-state index is 0.0639. The fourth-order valence-corrected chi connectivity index (χ4v) is 5.08. The molecule has 0 amide bonds. The van der Waals surface area contributed by atoms with Crippen LogP contribution in [-0.2, 0) is 23.4 Å². The smallest absolute Gasteiger partial charge is 0.459 e. The minimum atomic E-state index is -4.37. The molecule has 0 bridgehead atoms. The van der Waals surface area contributed by atoms with Gasteiger partial charge in [-0.1, -0.05) is 24.1 Å². The first kappa shape index (κ1) is 29.3. The van der Waals surface area contributed by atoms with Crippen molar-refractivity contribution in [3.8, 4) is 18.1 Å². The van der Waals surface area contributed by atoms with E-state index in [1.807, 2.05) is 4.98 Å². The van der Waals surface area contributed by atoms with Crippen molar-refractivity contribution in [2.75, 3.05) is 6.61 Å². The number of halogens is 1. The molecule has 1 unspecified atom stereocenters. The second-order valence-electron chi connectivity index (χ2n) is 8.90. The van der Waals surface area contributed by atoms with Crippen LogP contribution in [0.2, 0.25) is 0 Å². The number of aromatic amines is 1. The van der Waals surface area contributed by atoms with E-state index in [2.05, 4.69) is 5.09 Å². The van der Waals surface area contributed by atoms with Gasteiger partial charge in [-0.2, -0.15) is 5.09 Å². The number of hydrogen-bond acceptors (Lipinski definition) is 9. The molecule has 12 nitrogen and oxygen atoms in total. The minimum Gasteiger partial charge on any atom is -0.462 e. The number of aliphatic hydroxyl groups excluding tert-OH is 1. The molecule has 1 aliphatic rings. The molecular weight excluding hydrogens is 524 g/mol. The summed E-state index contributed by atoms with van der Waals surface area (Å²) in [5.41, 5.74) is -4.57. The molecule has 2 aromatic rings. The first-order valence-electron chi connectivity index (χ1n) is 11.6. The van der Waals surface area contributed by atoms with Crippen molar-refractivity contribution in [1.29, 1.82) is 0 Å². The van der Waals surface area contributed by atoms with Gasteiger partial charge in [0.2, 0.25) is 5.67 Å². The lowest BCUT2D eigenvalue weighted by molar-refractivity contribution is -0.149. The molecule has 0 saturated carbocycles. The van der Waals surface area contributed by atoms with E-state index in [0.717, 1.165) is 6.20 Å². The Hall–Kier alpha value is -3.27. The number of H-pyrrole nitrogens is 1. The van der Waals surface area contributed by atoms with Crippen molar-refractivity contribution >= 4 is 13.7 Å². The number of para-hydroxylation sites is 1. The van der Waals surface area contributed by atoms with Gasteiger partial charge >= 0.3 is 19.4 Å². The summed E-state index contributed by atoms with van der Waals surface area (Å²) in [5.74, 6) is 1.19. The number of carbonyl (C=O) groups is 1. The molecule has 0 aliphatic carbocycles. The van der Waals surface area contributed by atoms with Gasteiger partial charge in [0.15, 0.2) is 6.23 Å². The molecule has 1 aromatic heterocycles. The SMILES string of the molecule is C#C[C@@]1(F)[C@H](O)[C@@H](COP(=O)(N[C@H](C)C(=O)OC(C)C)Oc2ccccc2)O[C@H]1n1cc(C)c(=O)[nH]c1=O. The molecule has 1 aromatic carbocycles. The molecule has 1 fully saturated rings. The third-order valence-electron chi connectivity index (χ3n) is 5.50. The highest BCUT2D eigenvalue weighted by atomic mass is 31.2. The van der Waals surface area contributed by atoms with Crippen molar-refractivity contribution in [3.63, 3.8) is 0 Å². The van der Waals surface area contributed by atoms with Crippen LogP contribution in [0.1, 0.15) is 32.6 Å². The highest BCUT2D eigenvalue weighted by Gasteiger charge is 2.58. The topological polar surface area (TPSA) is 158 Å². The second-order valence-corrected chi connectivity index (χ2v) is 10.6. The van der Waals surface area contributed by atoms with Crippen molar-refractivity contribution in [2.45, 2.75) is 63.9 Å². The van der Waals surface area contributed by atoms with Gasteiger partial charge in [-0.05, 0) is 39.8 Å². The van der Waals surface area contributed by atoms with E-state index < -0.39 is 67.8 Å². The molecule has 0 radical (unpaired) electrons. The van der Waals surface area contributed by atoms with E-state index in [9.17, 15) is 24.1 Å². The Morgan fingerprint density at radius 2 is 2.00 bits per heavy atom. The van der Waals surface area contributed by atoms with E-state index in [4.69, 9.17) is 24.9 Å². The van der Waals surface area contributed by atoms with Gasteiger partial charge in [0, 0.05) is 11.8 Å². The van der Waals surface area contributed by atoms with E-state index in [-0.39, 0.29) is 11.3 Å². The van der Waals surface area contributed by atoms with Gasteiger partial charge in [0.1, 0.15) is 24.0 Å². The van der Waals surface area contributed by atoms with Gasteiger partial charge in [0.25, 0.3) is 5.56 Å². The summed E-state index contributed by atoms with van der Waals surface area (Å²) in [6.07, 6.45) is 0.536. The molecule has 6 atom stereocenters. The number of carbonyl (C=O) groups excluding carboxylic acids is 1. The highest BCUT2D eigenvalue weighted by molar-refractivity contribution is 7.52. The summed E-state index contributed by atoms with van der Waals surface area (Å²) in [6.45, 7) is 5.30. The van der Waals surface area contributed by atoms with Crippen molar-refractivity contribution in [1.82, 2.24) is 14.6 Å². The summed E-state index contributed by atoms with van der Waals surface area (Å²) in [6, 6.07) is 6.74. The molecular formula is C24H29FN3O9P. The summed E-state index contributed by atoms with van der Waals surface area (Å²) in [7, 11) is -4.37. The number of aryl methyl sites for hydroxylation is 1. The van der Waals surface area contributed by atoms with Gasteiger partial charge < -0.3 is 19.1 Å². The fourth-order valence-electron chi connectivity index (χ4n) is 3.58. The Kier molecular flexibility index (Phi) is 8.97. The monoisotopic (exact) mass is 553 g/mol. The highest BCUT2D eigenvalue weighted by Crippen LogP contribution is 2.47. The average molecular weight is 553 g/mol. The molecule has 38 heavy (non-hydrogen) atoms. The van der Waals surface area contributed by atoms with Crippen LogP contribution in [0.4, 0.5) is 4.39 Å². The second kappa shape index (κ2) is 11.6. The number of aromatic nitrogens is 2. The first-order chi connectivity index (χ1) is 17.8. The van der Waals surface area contributed by atoms with Crippen LogP contribution in [0.25, 0.3) is 0 Å². The number of aliphatic hydroxyl groups is 1. The number of rotatable bonds is 10. The number of terminal acetylenes is 1. The van der Waals surface area contributed by atoms with Crippen LogP contribution >= 0.6 is 7.75 Å². The largest absolute Gasteiger partial charge is 0.462 e. The van der Waals surface area contributed by atoms with Crippen LogP contribution in [0.5, 0.6) is 5.75 Å². The van der Waals surface area contributed by atoms with Crippen LogP contribution in [-0.4, -0.2) is 57.3 Å². The Bertz CT molecular complexity index is 1360. The zero-order valence-corrected chi connectivity index (χ0v) is 22.0. The predicted octanol–water partition coefficient (Wildman–Crippen LogP) is 1.58. The Balaban J connectivity index is 1.86. The quantitative estimate of drug-likeness (QED) is 0.224. The van der Waals surface area contributed by atoms with Gasteiger partial charge in [-0.15, -0.1) is 6.42 Å². The Morgan fingerprint density at radius 3 is 2.61 bits per heavy atom. The third kappa shape index (κ3) is 6.40. The van der Waals surface area contributed by atoms with E-state index >= 15 is 4.39 Å². The molecule has 3 rings (SSSR count). The maximum Gasteiger partial charge on any atom is 0.459 e. The van der Waals surface area contributed by atoms with E-state index in [0.29, 0.717) is 4.57 Å². The van der Waals surface area contributed by atoms with Crippen molar-refractivity contribution in [2.24, 2.45) is 0 Å². The van der Waals surface area contributed by atoms with Gasteiger partial charge in [-0.25, -0.2) is 13.8 Å². The van der Waals surface area contributed by atoms with Gasteiger partial charge in [-0.3, -0.25) is 23.7 Å². The molecule has 2 heterocycles. The zero-order valence-electron chi connectivity index (χ0n) is 21.1. The number of alkyl halides is 1. The van der Waals surface area contributed by atoms with E-state index in [1.54, 1.807) is 38.0 Å². The summed E-state index contributed by atoms with van der Waals surface area (Å²) in [4.78, 5) is 38.4. The van der Waals surface area contributed by atoms with Crippen molar-refractivity contribution in [3.05, 3.63) is 62.9 Å². The summed E-state index contributed by atoms with van der Waals surface area (Å²) >= 11 is 0. The standard InChI is InChI=1S/C24H29FN3O9P/c1-6-24(25)19(29)18(36-22(24)28-12-15(4)20(30)26-23(28)32)13-34-38(33,37-17-10-8-7-9-11-17)27-16(5)21(31)35-14(2)3/h1,7-12,14,16,18-19,22,29H,13H2,2-5H3,(H,27,33)(H,26,30,32)/t16-,18-,19-,22-,24-,38?/m1/s1. The maximum atomic E-state index is 15.8. The molecule has 0 spiro atoms. The lowest BCUT2D eigenvalue weighted by Crippen LogP contribution is -2.45. The Labute approximate surface area is 217 Å². The normalized spacial score (nSPS) is 25.4. The van der Waals surface area contributed by atoms with Crippen molar-refractivity contribution < 1.29 is 37.4 Å². The molecule has 206 valence electrons. The van der Waals surface area contributed by atoms with Crippen LogP contribution in [0, 0.1) is 19.3 Å². The van der Waals surface area contributed by atoms with Crippen LogP contribution < -0.4 is 20.9 Å². The third-order valence-corrected chi connectivity index (χ3v) is 7.14. The number of benzene rings is 1. The predicted molar refractivity (Wildman–Crippen MR) is 133 cm³/mol. The molecule has 1 aliphatic heterocycles. The molecule has 3 N–H and O–H groups in total. The fraction of sp³-hybridized carbons (Fsp3) is 0.458. The summed E-state index contributed by atoms with van der Waals surface area (Å²) in [5, 5.41) is 13.1. The van der Waals surface area contributed by atoms with E-state index in [1.165, 1.54) is 26.0 Å². The number of ether oxygens (including phenoxy) is 2. The average Bonchev–Trinajstić information content (AvgIpc) is 3.10. The summed E-state index contributed by atoms with van der Waals surface area (Å²) < 4.78 is 51.7. The first-order valence-corrected chi connectivity index (χ1v) is 13.1. The number of esters is 1. The lowest BCUT2D eigenvalue weighted by Gasteiger charge is -2.25. The lowest BCUT2D eigenvalue weighted by atomic mass is 9.97.